The maximum atomic E-state index is 13.9. The van der Waals surface area contributed by atoms with E-state index in [1.807, 2.05) is 23.7 Å². The molecule has 2 aromatic heterocycles. The summed E-state index contributed by atoms with van der Waals surface area (Å²) >= 11 is 0. The normalized spacial score (nSPS) is 13.3. The summed E-state index contributed by atoms with van der Waals surface area (Å²) < 4.78 is 1.82. The summed E-state index contributed by atoms with van der Waals surface area (Å²) in [6.45, 7) is 10.9. The molecule has 3 aromatic carbocycles. The summed E-state index contributed by atoms with van der Waals surface area (Å²) in [5.74, 6) is 0.296. The van der Waals surface area contributed by atoms with Crippen molar-refractivity contribution in [1.82, 2.24) is 19.7 Å². The lowest BCUT2D eigenvalue weighted by Crippen LogP contribution is -2.40. The van der Waals surface area contributed by atoms with E-state index in [1.165, 1.54) is 16.5 Å². The molecule has 0 atom stereocenters. The van der Waals surface area contributed by atoms with Gasteiger partial charge in [-0.1, -0.05) is 36.4 Å². The Morgan fingerprint density at radius 1 is 0.784 bits per heavy atom. The molecule has 1 amide bonds. The van der Waals surface area contributed by atoms with Gasteiger partial charge in [-0.2, -0.15) is 5.10 Å². The second kappa shape index (κ2) is 8.66. The summed E-state index contributed by atoms with van der Waals surface area (Å²) in [7, 11) is 0. The lowest BCUT2D eigenvalue weighted by molar-refractivity contribution is 0.0971. The fourth-order valence-corrected chi connectivity index (χ4v) is 5.30. The maximum absolute atomic E-state index is 13.9. The summed E-state index contributed by atoms with van der Waals surface area (Å²) in [6.07, 6.45) is 4.31. The number of amides is 1. The van der Waals surface area contributed by atoms with E-state index >= 15 is 0 Å². The highest BCUT2D eigenvalue weighted by Gasteiger charge is 2.33. The molecule has 0 saturated carbocycles. The summed E-state index contributed by atoms with van der Waals surface area (Å²) in [5.41, 5.74) is 10.2. The molecule has 0 N–H and O–H groups in total. The topological polar surface area (TPSA) is 63.9 Å². The van der Waals surface area contributed by atoms with Crippen molar-refractivity contribution >= 4 is 22.6 Å². The molecule has 1 aliphatic rings. The SMILES string of the molecule is Cc1cc2cc(C)c(-n3nc(C)c4c3C(=O)N(c3ncc(-c5ccccc5C)cn3)CC4)cc2cc1C. The third-order valence-corrected chi connectivity index (χ3v) is 7.55. The minimum absolute atomic E-state index is 0.120. The number of aryl methyl sites for hydroxylation is 5. The maximum Gasteiger partial charge on any atom is 0.279 e. The van der Waals surface area contributed by atoms with Gasteiger partial charge in [0, 0.05) is 30.1 Å². The molecule has 6 rings (SSSR count). The molecule has 0 bridgehead atoms. The quantitative estimate of drug-likeness (QED) is 0.303. The highest BCUT2D eigenvalue weighted by Crippen LogP contribution is 2.31. The van der Waals surface area contributed by atoms with E-state index < -0.39 is 0 Å². The Morgan fingerprint density at radius 2 is 1.43 bits per heavy atom. The van der Waals surface area contributed by atoms with Crippen LogP contribution in [0.3, 0.4) is 0 Å². The van der Waals surface area contributed by atoms with E-state index in [1.54, 1.807) is 17.3 Å². The number of carbonyl (C=O) groups excluding carboxylic acids is 1. The molecule has 0 aliphatic carbocycles. The molecule has 3 heterocycles. The van der Waals surface area contributed by atoms with Gasteiger partial charge < -0.3 is 0 Å². The van der Waals surface area contributed by atoms with Gasteiger partial charge in [-0.05, 0) is 91.8 Å². The fourth-order valence-electron chi connectivity index (χ4n) is 5.30. The Balaban J connectivity index is 1.40. The molecular formula is C31H29N5O. The Bertz CT molecular complexity index is 1700. The van der Waals surface area contributed by atoms with Crippen LogP contribution in [0.25, 0.3) is 27.6 Å². The number of nitrogens with zero attached hydrogens (tertiary/aromatic N) is 5. The number of carbonyl (C=O) groups is 1. The average Bonchev–Trinajstić information content (AvgIpc) is 3.22. The van der Waals surface area contributed by atoms with Gasteiger partial charge >= 0.3 is 0 Å². The molecule has 1 aliphatic heterocycles. The van der Waals surface area contributed by atoms with Gasteiger partial charge in [0.1, 0.15) is 5.69 Å². The molecule has 0 fully saturated rings. The summed E-state index contributed by atoms with van der Waals surface area (Å²) in [4.78, 5) is 24.8. The van der Waals surface area contributed by atoms with Gasteiger partial charge in [-0.3, -0.25) is 9.69 Å². The van der Waals surface area contributed by atoms with Crippen molar-refractivity contribution in [2.75, 3.05) is 11.4 Å². The van der Waals surface area contributed by atoms with Crippen LogP contribution in [0.4, 0.5) is 5.95 Å². The Morgan fingerprint density at radius 3 is 2.14 bits per heavy atom. The van der Waals surface area contributed by atoms with E-state index in [2.05, 4.69) is 74.1 Å². The first kappa shape index (κ1) is 23.1. The molecule has 0 spiro atoms. The molecule has 0 unspecified atom stereocenters. The first-order valence-corrected chi connectivity index (χ1v) is 12.6. The minimum Gasteiger partial charge on any atom is -0.275 e. The Kier molecular flexibility index (Phi) is 5.41. The standard InChI is InChI=1S/C31H29N5O/c1-18-8-6-7-9-26(18)25-16-32-31(33-17-25)35-11-10-27-22(5)34-36(29(27)30(35)37)28-15-24-13-20(3)19(2)12-23(24)14-21(28)4/h6-9,12-17H,10-11H2,1-5H3. The van der Waals surface area contributed by atoms with E-state index in [-0.39, 0.29) is 5.91 Å². The number of hydrogen-bond acceptors (Lipinski definition) is 4. The van der Waals surface area contributed by atoms with Crippen molar-refractivity contribution < 1.29 is 4.79 Å². The van der Waals surface area contributed by atoms with Crippen LogP contribution in [-0.4, -0.2) is 32.2 Å². The molecule has 37 heavy (non-hydrogen) atoms. The Hall–Kier alpha value is -4.32. The summed E-state index contributed by atoms with van der Waals surface area (Å²) in [6, 6.07) is 16.9. The highest BCUT2D eigenvalue weighted by atomic mass is 16.2. The first-order chi connectivity index (χ1) is 17.8. The lowest BCUT2D eigenvalue weighted by atomic mass is 9.99. The fraction of sp³-hybridized carbons (Fsp3) is 0.226. The molecule has 6 heteroatoms. The van der Waals surface area contributed by atoms with Crippen molar-refractivity contribution in [3.05, 3.63) is 100 Å². The smallest absolute Gasteiger partial charge is 0.275 e. The highest BCUT2D eigenvalue weighted by molar-refractivity contribution is 6.07. The second-order valence-corrected chi connectivity index (χ2v) is 10.0. The number of hydrogen-bond donors (Lipinski definition) is 0. The van der Waals surface area contributed by atoms with Gasteiger partial charge in [0.15, 0.2) is 0 Å². The number of fused-ring (bicyclic) bond motifs is 2. The third kappa shape index (κ3) is 3.80. The van der Waals surface area contributed by atoms with E-state index in [0.717, 1.165) is 44.6 Å². The molecule has 0 radical (unpaired) electrons. The number of anilines is 1. The predicted molar refractivity (Wildman–Crippen MR) is 148 cm³/mol. The predicted octanol–water partition coefficient (Wildman–Crippen LogP) is 6.23. The largest absolute Gasteiger partial charge is 0.279 e. The van der Waals surface area contributed by atoms with Crippen molar-refractivity contribution in [1.29, 1.82) is 0 Å². The Labute approximate surface area is 216 Å². The van der Waals surface area contributed by atoms with Gasteiger partial charge in [0.25, 0.3) is 5.91 Å². The summed E-state index contributed by atoms with van der Waals surface area (Å²) in [5, 5.41) is 7.17. The molecular weight excluding hydrogens is 458 g/mol. The van der Waals surface area contributed by atoms with Gasteiger partial charge in [0.2, 0.25) is 5.95 Å². The van der Waals surface area contributed by atoms with Crippen LogP contribution in [0, 0.1) is 34.6 Å². The van der Waals surface area contributed by atoms with Crippen molar-refractivity contribution in [2.45, 2.75) is 41.0 Å². The van der Waals surface area contributed by atoms with Crippen molar-refractivity contribution in [3.63, 3.8) is 0 Å². The van der Waals surface area contributed by atoms with Gasteiger partial charge in [-0.25, -0.2) is 14.6 Å². The number of aromatic nitrogens is 4. The van der Waals surface area contributed by atoms with Crippen LogP contribution < -0.4 is 4.90 Å². The average molecular weight is 488 g/mol. The zero-order valence-corrected chi connectivity index (χ0v) is 21.8. The van der Waals surface area contributed by atoms with Crippen molar-refractivity contribution in [2.24, 2.45) is 0 Å². The van der Waals surface area contributed by atoms with Crippen LogP contribution >= 0.6 is 0 Å². The monoisotopic (exact) mass is 487 g/mol. The van der Waals surface area contributed by atoms with Gasteiger partial charge in [-0.15, -0.1) is 0 Å². The van der Waals surface area contributed by atoms with Crippen LogP contribution in [0.1, 0.15) is 44.0 Å². The number of rotatable bonds is 3. The van der Waals surface area contributed by atoms with E-state index in [4.69, 9.17) is 5.10 Å². The van der Waals surface area contributed by atoms with Crippen LogP contribution in [0.5, 0.6) is 0 Å². The molecule has 0 saturated heterocycles. The minimum atomic E-state index is -0.120. The number of benzene rings is 3. The lowest BCUT2D eigenvalue weighted by Gasteiger charge is -2.26. The first-order valence-electron chi connectivity index (χ1n) is 12.6. The van der Waals surface area contributed by atoms with Gasteiger partial charge in [0.05, 0.1) is 11.4 Å². The zero-order valence-electron chi connectivity index (χ0n) is 21.8. The van der Waals surface area contributed by atoms with Crippen molar-refractivity contribution in [3.8, 4) is 16.8 Å². The van der Waals surface area contributed by atoms with E-state index in [0.29, 0.717) is 24.6 Å². The molecule has 184 valence electrons. The second-order valence-electron chi connectivity index (χ2n) is 10.0. The van der Waals surface area contributed by atoms with E-state index in [9.17, 15) is 4.79 Å². The van der Waals surface area contributed by atoms with Crippen LogP contribution in [0.15, 0.2) is 60.9 Å². The van der Waals surface area contributed by atoms with Crippen LogP contribution in [-0.2, 0) is 6.42 Å². The molecule has 6 nitrogen and oxygen atoms in total. The zero-order chi connectivity index (χ0) is 25.8. The molecule has 5 aromatic rings. The van der Waals surface area contributed by atoms with Crippen LogP contribution in [0.2, 0.25) is 0 Å². The third-order valence-electron chi connectivity index (χ3n) is 7.55.